The lowest BCUT2D eigenvalue weighted by atomic mass is 10.2. The van der Waals surface area contributed by atoms with Crippen LogP contribution in [0.25, 0.3) is 0 Å². The molecular formula is C6H13NO. The Morgan fingerprint density at radius 1 is 1.38 bits per heavy atom. The molecule has 0 amide bonds. The van der Waals surface area contributed by atoms with Crippen LogP contribution in [0.3, 0.4) is 0 Å². The van der Waals surface area contributed by atoms with Crippen LogP contribution in [0.5, 0.6) is 0 Å². The summed E-state index contributed by atoms with van der Waals surface area (Å²) in [6.07, 6.45) is 5.87. The van der Waals surface area contributed by atoms with Crippen molar-refractivity contribution in [3.8, 4) is 0 Å². The molecule has 0 atom stereocenters. The first-order valence-corrected chi connectivity index (χ1v) is 2.91. The van der Waals surface area contributed by atoms with E-state index >= 15 is 0 Å². The summed E-state index contributed by atoms with van der Waals surface area (Å²) >= 11 is 0. The minimum atomic E-state index is 0.749. The second-order valence-corrected chi connectivity index (χ2v) is 1.67. The lowest BCUT2D eigenvalue weighted by molar-refractivity contribution is 0.470. The minimum Gasteiger partial charge on any atom is -0.516 e. The van der Waals surface area contributed by atoms with Crippen LogP contribution in [0.1, 0.15) is 19.3 Å². The summed E-state index contributed by atoms with van der Waals surface area (Å²) < 4.78 is 0. The average Bonchev–Trinajstić information content (AvgIpc) is 1.81. The largest absolute Gasteiger partial charge is 0.516 e. The zero-order valence-corrected chi connectivity index (χ0v) is 5.01. The molecule has 0 aliphatic heterocycles. The molecule has 0 aromatic rings. The summed E-state index contributed by atoms with van der Waals surface area (Å²) in [4.78, 5) is 0. The van der Waals surface area contributed by atoms with Crippen molar-refractivity contribution in [1.29, 1.82) is 0 Å². The third-order valence-electron chi connectivity index (χ3n) is 0.930. The van der Waals surface area contributed by atoms with E-state index < -0.39 is 0 Å². The van der Waals surface area contributed by atoms with Gasteiger partial charge in [0, 0.05) is 0 Å². The maximum absolute atomic E-state index is 8.15. The SMILES string of the molecule is NCCCCC=CO. The Bertz CT molecular complexity index is 61.5. The van der Waals surface area contributed by atoms with Gasteiger partial charge in [-0.05, 0) is 25.8 Å². The van der Waals surface area contributed by atoms with E-state index in [1.54, 1.807) is 6.08 Å². The van der Waals surface area contributed by atoms with Crippen molar-refractivity contribution in [2.24, 2.45) is 5.73 Å². The second-order valence-electron chi connectivity index (χ2n) is 1.67. The summed E-state index contributed by atoms with van der Waals surface area (Å²) in [7, 11) is 0. The van der Waals surface area contributed by atoms with Crippen molar-refractivity contribution in [2.45, 2.75) is 19.3 Å². The van der Waals surface area contributed by atoms with Crippen LogP contribution in [0.15, 0.2) is 12.3 Å². The van der Waals surface area contributed by atoms with Crippen molar-refractivity contribution >= 4 is 0 Å². The van der Waals surface area contributed by atoms with Crippen molar-refractivity contribution in [3.63, 3.8) is 0 Å². The van der Waals surface area contributed by atoms with Gasteiger partial charge in [-0.25, -0.2) is 0 Å². The Kier molecular flexibility index (Phi) is 6.09. The number of rotatable bonds is 4. The van der Waals surface area contributed by atoms with E-state index in [9.17, 15) is 0 Å². The quantitative estimate of drug-likeness (QED) is 0.427. The van der Waals surface area contributed by atoms with Crippen LogP contribution in [0, 0.1) is 0 Å². The predicted octanol–water partition coefficient (Wildman–Crippen LogP) is 1.19. The molecule has 0 saturated heterocycles. The van der Waals surface area contributed by atoms with Gasteiger partial charge in [-0.2, -0.15) is 0 Å². The second kappa shape index (κ2) is 6.50. The fraction of sp³-hybridized carbons (Fsp3) is 0.667. The first kappa shape index (κ1) is 7.50. The lowest BCUT2D eigenvalue weighted by Crippen LogP contribution is -1.96. The van der Waals surface area contributed by atoms with Gasteiger partial charge in [0.1, 0.15) is 0 Å². The molecule has 0 heterocycles. The average molecular weight is 115 g/mol. The molecule has 2 heteroatoms. The zero-order valence-electron chi connectivity index (χ0n) is 5.01. The van der Waals surface area contributed by atoms with Crippen molar-refractivity contribution in [3.05, 3.63) is 12.3 Å². The summed E-state index contributed by atoms with van der Waals surface area (Å²) in [5.74, 6) is 0. The Balaban J connectivity index is 2.72. The highest BCUT2D eigenvalue weighted by Crippen LogP contribution is 1.92. The third kappa shape index (κ3) is 5.50. The van der Waals surface area contributed by atoms with Gasteiger partial charge in [-0.3, -0.25) is 0 Å². The van der Waals surface area contributed by atoms with Gasteiger partial charge in [-0.15, -0.1) is 0 Å². The maximum atomic E-state index is 8.15. The molecule has 3 N–H and O–H groups in total. The van der Waals surface area contributed by atoms with E-state index in [2.05, 4.69) is 0 Å². The van der Waals surface area contributed by atoms with Crippen LogP contribution >= 0.6 is 0 Å². The summed E-state index contributed by atoms with van der Waals surface area (Å²) in [5, 5.41) is 8.15. The summed E-state index contributed by atoms with van der Waals surface area (Å²) in [5.41, 5.74) is 5.22. The molecule has 0 aliphatic carbocycles. The highest BCUT2D eigenvalue weighted by Gasteiger charge is 1.79. The fourth-order valence-corrected chi connectivity index (χ4v) is 0.481. The van der Waals surface area contributed by atoms with Gasteiger partial charge in [0.15, 0.2) is 0 Å². The monoisotopic (exact) mass is 115 g/mol. The Morgan fingerprint density at radius 2 is 2.12 bits per heavy atom. The molecule has 0 bridgehead atoms. The maximum Gasteiger partial charge on any atom is 0.0751 e. The van der Waals surface area contributed by atoms with Crippen LogP contribution in [-0.2, 0) is 0 Å². The molecule has 0 radical (unpaired) electrons. The smallest absolute Gasteiger partial charge is 0.0751 e. The Hall–Kier alpha value is -0.500. The summed E-state index contributed by atoms with van der Waals surface area (Å²) in [6, 6.07) is 0. The highest BCUT2D eigenvalue weighted by atomic mass is 16.2. The van der Waals surface area contributed by atoms with Crippen LogP contribution in [0.4, 0.5) is 0 Å². The molecule has 0 rings (SSSR count). The standard InChI is InChI=1S/C6H13NO/c7-5-3-1-2-4-6-8/h4,6,8H,1-3,5,7H2. The first-order chi connectivity index (χ1) is 3.91. The van der Waals surface area contributed by atoms with E-state index in [0.29, 0.717) is 0 Å². The van der Waals surface area contributed by atoms with Crippen molar-refractivity contribution < 1.29 is 5.11 Å². The van der Waals surface area contributed by atoms with Gasteiger partial charge < -0.3 is 10.8 Å². The van der Waals surface area contributed by atoms with Gasteiger partial charge in [-0.1, -0.05) is 6.08 Å². The Labute approximate surface area is 50.0 Å². The van der Waals surface area contributed by atoms with E-state index in [4.69, 9.17) is 10.8 Å². The summed E-state index contributed by atoms with van der Waals surface area (Å²) in [6.45, 7) is 0.749. The number of unbranched alkanes of at least 4 members (excludes halogenated alkanes) is 2. The molecule has 0 aliphatic rings. The number of nitrogens with two attached hydrogens (primary N) is 1. The molecule has 0 aromatic carbocycles. The highest BCUT2D eigenvalue weighted by molar-refractivity contribution is 4.70. The molecule has 0 fully saturated rings. The minimum absolute atomic E-state index is 0.749. The van der Waals surface area contributed by atoms with Crippen LogP contribution in [-0.4, -0.2) is 11.7 Å². The molecule has 0 aromatic heterocycles. The lowest BCUT2D eigenvalue weighted by Gasteiger charge is -1.88. The molecule has 8 heavy (non-hydrogen) atoms. The number of aliphatic hydroxyl groups excluding tert-OH is 1. The van der Waals surface area contributed by atoms with Gasteiger partial charge in [0.2, 0.25) is 0 Å². The molecule has 2 nitrogen and oxygen atoms in total. The number of allylic oxidation sites excluding steroid dienone is 1. The van der Waals surface area contributed by atoms with Gasteiger partial charge in [0.05, 0.1) is 6.26 Å². The van der Waals surface area contributed by atoms with E-state index in [1.807, 2.05) is 0 Å². The molecule has 0 saturated carbocycles. The zero-order chi connectivity index (χ0) is 6.24. The van der Waals surface area contributed by atoms with Crippen LogP contribution < -0.4 is 5.73 Å². The van der Waals surface area contributed by atoms with Gasteiger partial charge in [0.25, 0.3) is 0 Å². The van der Waals surface area contributed by atoms with Gasteiger partial charge >= 0.3 is 0 Å². The number of hydrogen-bond acceptors (Lipinski definition) is 2. The first-order valence-electron chi connectivity index (χ1n) is 2.91. The molecule has 0 unspecified atom stereocenters. The van der Waals surface area contributed by atoms with Crippen molar-refractivity contribution in [2.75, 3.05) is 6.54 Å². The topological polar surface area (TPSA) is 46.2 Å². The molecular weight excluding hydrogens is 102 g/mol. The van der Waals surface area contributed by atoms with Crippen LogP contribution in [0.2, 0.25) is 0 Å². The Morgan fingerprint density at radius 3 is 2.62 bits per heavy atom. The third-order valence-corrected chi connectivity index (χ3v) is 0.930. The normalized spacial score (nSPS) is 10.6. The van der Waals surface area contributed by atoms with Crippen molar-refractivity contribution in [1.82, 2.24) is 0 Å². The van der Waals surface area contributed by atoms with E-state index in [1.165, 1.54) is 0 Å². The fourth-order valence-electron chi connectivity index (χ4n) is 0.481. The number of hydrogen-bond donors (Lipinski definition) is 2. The van der Waals surface area contributed by atoms with E-state index in [-0.39, 0.29) is 0 Å². The molecule has 48 valence electrons. The predicted molar refractivity (Wildman–Crippen MR) is 34.7 cm³/mol. The van der Waals surface area contributed by atoms with E-state index in [0.717, 1.165) is 32.1 Å². The molecule has 0 spiro atoms. The number of aliphatic hydroxyl groups is 1.